The molecule has 2 heterocycles. The summed E-state index contributed by atoms with van der Waals surface area (Å²) in [6.45, 7) is 2.00. The van der Waals surface area contributed by atoms with Crippen molar-refractivity contribution in [1.29, 1.82) is 0 Å². The second kappa shape index (κ2) is 5.25. The van der Waals surface area contributed by atoms with Crippen LogP contribution in [0, 0.1) is 6.92 Å². The van der Waals surface area contributed by atoms with Crippen LogP contribution in [0.4, 0.5) is 0 Å². The van der Waals surface area contributed by atoms with Crippen molar-refractivity contribution < 1.29 is 9.84 Å². The largest absolute Gasteiger partial charge is 0.481 e. The molecule has 0 aliphatic heterocycles. The van der Waals surface area contributed by atoms with Crippen molar-refractivity contribution in [2.75, 3.05) is 7.11 Å². The van der Waals surface area contributed by atoms with Gasteiger partial charge in [-0.15, -0.1) is 11.3 Å². The SMILES string of the molecule is COc1cc(CC(O)c2sccc2C)ncn1. The average molecular weight is 250 g/mol. The van der Waals surface area contributed by atoms with Gasteiger partial charge < -0.3 is 9.84 Å². The number of hydrogen-bond acceptors (Lipinski definition) is 5. The summed E-state index contributed by atoms with van der Waals surface area (Å²) >= 11 is 1.56. The lowest BCUT2D eigenvalue weighted by atomic mass is 10.1. The predicted octanol–water partition coefficient (Wildman–Crippen LogP) is 2.13. The van der Waals surface area contributed by atoms with Crippen LogP contribution in [-0.2, 0) is 6.42 Å². The number of ether oxygens (including phenoxy) is 1. The number of methoxy groups -OCH3 is 1. The van der Waals surface area contributed by atoms with Crippen LogP contribution in [0.3, 0.4) is 0 Å². The molecule has 1 atom stereocenters. The predicted molar refractivity (Wildman–Crippen MR) is 66.3 cm³/mol. The molecule has 0 aliphatic carbocycles. The molecule has 0 aromatic carbocycles. The Balaban J connectivity index is 2.13. The van der Waals surface area contributed by atoms with E-state index in [1.807, 2.05) is 18.4 Å². The molecule has 2 aromatic rings. The van der Waals surface area contributed by atoms with Crippen molar-refractivity contribution in [2.45, 2.75) is 19.4 Å². The maximum absolute atomic E-state index is 10.1. The van der Waals surface area contributed by atoms with Gasteiger partial charge in [0.05, 0.1) is 18.9 Å². The number of aliphatic hydroxyl groups excluding tert-OH is 1. The third-order valence-electron chi connectivity index (χ3n) is 2.51. The van der Waals surface area contributed by atoms with Crippen molar-refractivity contribution in [3.8, 4) is 5.88 Å². The molecule has 17 heavy (non-hydrogen) atoms. The van der Waals surface area contributed by atoms with E-state index in [1.54, 1.807) is 24.5 Å². The van der Waals surface area contributed by atoms with Gasteiger partial charge in [0, 0.05) is 17.4 Å². The molecular formula is C12H14N2O2S. The molecule has 1 unspecified atom stereocenters. The molecule has 0 radical (unpaired) electrons. The maximum Gasteiger partial charge on any atom is 0.216 e. The fraction of sp³-hybridized carbons (Fsp3) is 0.333. The lowest BCUT2D eigenvalue weighted by molar-refractivity contribution is 0.180. The average Bonchev–Trinajstić information content (AvgIpc) is 2.76. The Morgan fingerprint density at radius 1 is 1.47 bits per heavy atom. The highest BCUT2D eigenvalue weighted by Crippen LogP contribution is 2.26. The Hall–Kier alpha value is -1.46. The van der Waals surface area contributed by atoms with Crippen molar-refractivity contribution in [3.05, 3.63) is 40.0 Å². The minimum atomic E-state index is -0.519. The first kappa shape index (κ1) is 12.0. The Morgan fingerprint density at radius 2 is 2.29 bits per heavy atom. The van der Waals surface area contributed by atoms with Gasteiger partial charge in [-0.2, -0.15) is 0 Å². The molecule has 90 valence electrons. The number of rotatable bonds is 4. The van der Waals surface area contributed by atoms with Gasteiger partial charge in [-0.1, -0.05) is 0 Å². The van der Waals surface area contributed by atoms with Gasteiger partial charge in [-0.25, -0.2) is 9.97 Å². The van der Waals surface area contributed by atoms with Crippen LogP contribution in [0.5, 0.6) is 5.88 Å². The van der Waals surface area contributed by atoms with E-state index < -0.39 is 6.10 Å². The van der Waals surface area contributed by atoms with Gasteiger partial charge in [-0.05, 0) is 23.9 Å². The fourth-order valence-corrected chi connectivity index (χ4v) is 2.53. The zero-order valence-electron chi connectivity index (χ0n) is 9.75. The third kappa shape index (κ3) is 2.81. The van der Waals surface area contributed by atoms with E-state index in [0.29, 0.717) is 12.3 Å². The lowest BCUT2D eigenvalue weighted by Crippen LogP contribution is -2.03. The van der Waals surface area contributed by atoms with Crippen LogP contribution >= 0.6 is 11.3 Å². The summed E-state index contributed by atoms with van der Waals surface area (Å²) in [5, 5.41) is 12.1. The van der Waals surface area contributed by atoms with Crippen LogP contribution in [0.2, 0.25) is 0 Å². The Morgan fingerprint density at radius 3 is 2.94 bits per heavy atom. The van der Waals surface area contributed by atoms with E-state index >= 15 is 0 Å². The topological polar surface area (TPSA) is 55.2 Å². The highest BCUT2D eigenvalue weighted by molar-refractivity contribution is 7.10. The van der Waals surface area contributed by atoms with E-state index in [4.69, 9.17) is 4.74 Å². The van der Waals surface area contributed by atoms with E-state index in [-0.39, 0.29) is 0 Å². The monoisotopic (exact) mass is 250 g/mol. The number of thiophene rings is 1. The van der Waals surface area contributed by atoms with E-state index in [9.17, 15) is 5.11 Å². The Bertz CT molecular complexity index is 499. The molecule has 0 aliphatic rings. The number of aromatic nitrogens is 2. The fourth-order valence-electron chi connectivity index (χ4n) is 1.62. The first-order valence-corrected chi connectivity index (χ1v) is 6.15. The summed E-state index contributed by atoms with van der Waals surface area (Å²) in [5.74, 6) is 0.519. The number of hydrogen-bond donors (Lipinski definition) is 1. The van der Waals surface area contributed by atoms with Crippen molar-refractivity contribution in [1.82, 2.24) is 9.97 Å². The normalized spacial score (nSPS) is 12.4. The molecule has 0 bridgehead atoms. The number of aryl methyl sites for hydroxylation is 1. The molecule has 5 heteroatoms. The standard InChI is InChI=1S/C12H14N2O2S/c1-8-3-4-17-12(8)10(15)5-9-6-11(16-2)14-7-13-9/h3-4,6-7,10,15H,5H2,1-2H3. The third-order valence-corrected chi connectivity index (χ3v) is 3.63. The second-order valence-electron chi connectivity index (χ2n) is 3.74. The summed E-state index contributed by atoms with van der Waals surface area (Å²) in [5.41, 5.74) is 1.89. The molecular weight excluding hydrogens is 236 g/mol. The molecule has 0 spiro atoms. The summed E-state index contributed by atoms with van der Waals surface area (Å²) in [4.78, 5) is 9.04. The molecule has 0 amide bonds. The first-order valence-electron chi connectivity index (χ1n) is 5.27. The van der Waals surface area contributed by atoms with Crippen LogP contribution in [0.1, 0.15) is 22.2 Å². The van der Waals surface area contributed by atoms with Crippen molar-refractivity contribution in [2.24, 2.45) is 0 Å². The summed E-state index contributed by atoms with van der Waals surface area (Å²) < 4.78 is 5.02. The van der Waals surface area contributed by atoms with Crippen molar-refractivity contribution >= 4 is 11.3 Å². The number of nitrogens with zero attached hydrogens (tertiary/aromatic N) is 2. The Labute approximate surface area is 104 Å². The van der Waals surface area contributed by atoms with Crippen LogP contribution in [-0.4, -0.2) is 22.2 Å². The second-order valence-corrected chi connectivity index (χ2v) is 4.69. The number of aliphatic hydroxyl groups is 1. The molecule has 0 saturated carbocycles. The molecule has 4 nitrogen and oxygen atoms in total. The summed E-state index contributed by atoms with van der Waals surface area (Å²) in [6, 6.07) is 3.75. The Kier molecular flexibility index (Phi) is 3.71. The summed E-state index contributed by atoms with van der Waals surface area (Å²) in [6.07, 6.45) is 1.40. The van der Waals surface area contributed by atoms with Gasteiger partial charge in [0.1, 0.15) is 6.33 Å². The smallest absolute Gasteiger partial charge is 0.216 e. The van der Waals surface area contributed by atoms with Gasteiger partial charge >= 0.3 is 0 Å². The molecule has 0 saturated heterocycles. The van der Waals surface area contributed by atoms with Crippen LogP contribution in [0.25, 0.3) is 0 Å². The quantitative estimate of drug-likeness (QED) is 0.903. The maximum atomic E-state index is 10.1. The summed E-state index contributed by atoms with van der Waals surface area (Å²) in [7, 11) is 1.56. The molecule has 0 fully saturated rings. The minimum absolute atomic E-state index is 0.472. The first-order chi connectivity index (χ1) is 8.20. The van der Waals surface area contributed by atoms with Crippen LogP contribution in [0.15, 0.2) is 23.8 Å². The minimum Gasteiger partial charge on any atom is -0.481 e. The zero-order chi connectivity index (χ0) is 12.3. The van der Waals surface area contributed by atoms with E-state index in [2.05, 4.69) is 9.97 Å². The molecule has 1 N–H and O–H groups in total. The van der Waals surface area contributed by atoms with Crippen molar-refractivity contribution in [3.63, 3.8) is 0 Å². The van der Waals surface area contributed by atoms with Gasteiger partial charge in [-0.3, -0.25) is 0 Å². The van der Waals surface area contributed by atoms with Gasteiger partial charge in [0.25, 0.3) is 0 Å². The highest BCUT2D eigenvalue weighted by atomic mass is 32.1. The van der Waals surface area contributed by atoms with Gasteiger partial charge in [0.2, 0.25) is 5.88 Å². The van der Waals surface area contributed by atoms with E-state index in [0.717, 1.165) is 16.1 Å². The zero-order valence-corrected chi connectivity index (χ0v) is 10.6. The van der Waals surface area contributed by atoms with E-state index in [1.165, 1.54) is 6.33 Å². The van der Waals surface area contributed by atoms with Gasteiger partial charge in [0.15, 0.2) is 0 Å². The highest BCUT2D eigenvalue weighted by Gasteiger charge is 2.13. The molecule has 2 rings (SSSR count). The molecule has 2 aromatic heterocycles. The lowest BCUT2D eigenvalue weighted by Gasteiger charge is -2.09. The van der Waals surface area contributed by atoms with Crippen LogP contribution < -0.4 is 4.74 Å².